The van der Waals surface area contributed by atoms with Crippen molar-refractivity contribution in [3.63, 3.8) is 0 Å². The van der Waals surface area contributed by atoms with Gasteiger partial charge in [0.05, 0.1) is 15.4 Å². The molecule has 0 spiro atoms. The summed E-state index contributed by atoms with van der Waals surface area (Å²) in [4.78, 5) is 2.03. The molecule has 21 heavy (non-hydrogen) atoms. The van der Waals surface area contributed by atoms with Gasteiger partial charge in [-0.3, -0.25) is 0 Å². The largest absolute Gasteiger partial charge is 0.383 e. The minimum Gasteiger partial charge on any atom is -0.383 e. The standard InChI is InChI=1S/C12H20BrClN2O3S2/c1-15(2)5-4-6-16(7-8-19-3)21(17,18)11-9-10(14)12(13)20-11/h9H,4-8H2,1-3H3. The molecule has 0 aliphatic heterocycles. The number of ether oxygens (including phenoxy) is 1. The van der Waals surface area contributed by atoms with E-state index in [0.29, 0.717) is 28.5 Å². The molecule has 0 aliphatic carbocycles. The van der Waals surface area contributed by atoms with Crippen molar-refractivity contribution < 1.29 is 13.2 Å². The molecule has 1 heterocycles. The molecule has 0 fully saturated rings. The normalized spacial score (nSPS) is 12.5. The third kappa shape index (κ3) is 5.78. The Balaban J connectivity index is 2.88. The SMILES string of the molecule is COCCN(CCCN(C)C)S(=O)(=O)c1cc(Cl)c(Br)s1. The molecule has 1 rings (SSSR count). The first-order valence-corrected chi connectivity index (χ1v) is 9.80. The van der Waals surface area contributed by atoms with Crippen LogP contribution in [0.5, 0.6) is 0 Å². The Bertz CT molecular complexity index is 529. The van der Waals surface area contributed by atoms with Gasteiger partial charge in [0, 0.05) is 20.2 Å². The first-order valence-electron chi connectivity index (χ1n) is 6.37. The van der Waals surface area contributed by atoms with Crippen LogP contribution in [0.15, 0.2) is 14.1 Å². The number of halogens is 2. The van der Waals surface area contributed by atoms with Gasteiger partial charge in [-0.05, 0) is 49.1 Å². The lowest BCUT2D eigenvalue weighted by molar-refractivity contribution is 0.177. The average molecular weight is 420 g/mol. The lowest BCUT2D eigenvalue weighted by atomic mass is 10.4. The Morgan fingerprint density at radius 1 is 1.33 bits per heavy atom. The van der Waals surface area contributed by atoms with Crippen LogP contribution in [0.3, 0.4) is 0 Å². The van der Waals surface area contributed by atoms with E-state index in [-0.39, 0.29) is 4.21 Å². The van der Waals surface area contributed by atoms with Crippen LogP contribution in [0.1, 0.15) is 6.42 Å². The topological polar surface area (TPSA) is 49.9 Å². The number of thiophene rings is 1. The molecule has 0 saturated heterocycles. The van der Waals surface area contributed by atoms with Crippen molar-refractivity contribution >= 4 is 48.9 Å². The summed E-state index contributed by atoms with van der Waals surface area (Å²) in [6.07, 6.45) is 0.760. The van der Waals surface area contributed by atoms with Crippen LogP contribution >= 0.6 is 38.9 Å². The molecule has 5 nitrogen and oxygen atoms in total. The van der Waals surface area contributed by atoms with E-state index in [2.05, 4.69) is 15.9 Å². The van der Waals surface area contributed by atoms with E-state index in [4.69, 9.17) is 16.3 Å². The highest BCUT2D eigenvalue weighted by Gasteiger charge is 2.26. The van der Waals surface area contributed by atoms with Gasteiger partial charge < -0.3 is 9.64 Å². The molecule has 9 heteroatoms. The molecule has 0 amide bonds. The molecule has 0 unspecified atom stereocenters. The molecule has 1 aromatic heterocycles. The van der Waals surface area contributed by atoms with E-state index >= 15 is 0 Å². The molecule has 0 saturated carbocycles. The zero-order chi connectivity index (χ0) is 16.0. The molecule has 0 radical (unpaired) electrons. The first-order chi connectivity index (χ1) is 9.78. The Morgan fingerprint density at radius 3 is 2.48 bits per heavy atom. The molecular weight excluding hydrogens is 400 g/mol. The molecule has 0 atom stereocenters. The summed E-state index contributed by atoms with van der Waals surface area (Å²) in [5.74, 6) is 0. The van der Waals surface area contributed by atoms with Gasteiger partial charge >= 0.3 is 0 Å². The summed E-state index contributed by atoms with van der Waals surface area (Å²) in [6, 6.07) is 1.48. The summed E-state index contributed by atoms with van der Waals surface area (Å²) in [5.41, 5.74) is 0. The summed E-state index contributed by atoms with van der Waals surface area (Å²) >= 11 is 10.3. The number of rotatable bonds is 9. The van der Waals surface area contributed by atoms with Crippen LogP contribution in [0.2, 0.25) is 5.02 Å². The van der Waals surface area contributed by atoms with Crippen LogP contribution in [0.25, 0.3) is 0 Å². The van der Waals surface area contributed by atoms with Crippen LogP contribution in [0, 0.1) is 0 Å². The van der Waals surface area contributed by atoms with Crippen molar-refractivity contribution in [2.45, 2.75) is 10.6 Å². The minimum atomic E-state index is -3.53. The second-order valence-corrected chi connectivity index (χ2v) is 9.68. The lowest BCUT2D eigenvalue weighted by Gasteiger charge is -2.21. The van der Waals surface area contributed by atoms with Crippen molar-refractivity contribution in [1.29, 1.82) is 0 Å². The summed E-state index contributed by atoms with van der Waals surface area (Å²) < 4.78 is 32.7. The average Bonchev–Trinajstić information content (AvgIpc) is 2.74. The van der Waals surface area contributed by atoms with Crippen LogP contribution in [0.4, 0.5) is 0 Å². The van der Waals surface area contributed by atoms with Crippen LogP contribution in [-0.4, -0.2) is 65.1 Å². The highest BCUT2D eigenvalue weighted by Crippen LogP contribution is 2.35. The Labute approximate surface area is 144 Å². The molecule has 0 bridgehead atoms. The number of methoxy groups -OCH3 is 1. The quantitative estimate of drug-likeness (QED) is 0.617. The van der Waals surface area contributed by atoms with E-state index in [1.807, 2.05) is 19.0 Å². The third-order valence-electron chi connectivity index (χ3n) is 2.77. The van der Waals surface area contributed by atoms with Crippen LogP contribution in [-0.2, 0) is 14.8 Å². The van der Waals surface area contributed by atoms with E-state index in [0.717, 1.165) is 24.3 Å². The maximum Gasteiger partial charge on any atom is 0.252 e. The lowest BCUT2D eigenvalue weighted by Crippen LogP contribution is -2.35. The third-order valence-corrected chi connectivity index (χ3v) is 7.60. The monoisotopic (exact) mass is 418 g/mol. The second kappa shape index (κ2) is 8.81. The minimum absolute atomic E-state index is 0.250. The molecule has 0 N–H and O–H groups in total. The molecular formula is C12H20BrClN2O3S2. The fourth-order valence-electron chi connectivity index (χ4n) is 1.69. The zero-order valence-electron chi connectivity index (χ0n) is 12.3. The summed E-state index contributed by atoms with van der Waals surface area (Å²) in [6.45, 7) is 1.98. The van der Waals surface area contributed by atoms with E-state index in [1.54, 1.807) is 7.11 Å². The summed E-state index contributed by atoms with van der Waals surface area (Å²) in [7, 11) is 1.95. The Hall–Kier alpha value is 0.300. The Morgan fingerprint density at radius 2 is 2.00 bits per heavy atom. The fraction of sp³-hybridized carbons (Fsp3) is 0.667. The number of sulfonamides is 1. The highest BCUT2D eigenvalue weighted by atomic mass is 79.9. The van der Waals surface area contributed by atoms with E-state index in [1.165, 1.54) is 10.4 Å². The van der Waals surface area contributed by atoms with Gasteiger partial charge in [-0.25, -0.2) is 8.42 Å². The van der Waals surface area contributed by atoms with E-state index in [9.17, 15) is 8.42 Å². The van der Waals surface area contributed by atoms with Gasteiger partial charge in [-0.15, -0.1) is 11.3 Å². The predicted molar refractivity (Wildman–Crippen MR) is 90.8 cm³/mol. The molecule has 0 aromatic carbocycles. The zero-order valence-corrected chi connectivity index (χ0v) is 16.3. The van der Waals surface area contributed by atoms with Crippen molar-refractivity contribution in [3.05, 3.63) is 14.9 Å². The van der Waals surface area contributed by atoms with Gasteiger partial charge in [0.2, 0.25) is 0 Å². The molecule has 122 valence electrons. The van der Waals surface area contributed by atoms with Crippen molar-refractivity contribution in [3.8, 4) is 0 Å². The van der Waals surface area contributed by atoms with Gasteiger partial charge in [-0.2, -0.15) is 4.31 Å². The second-order valence-electron chi connectivity index (χ2n) is 4.74. The fourth-order valence-corrected chi connectivity index (χ4v) is 5.71. The van der Waals surface area contributed by atoms with Gasteiger partial charge in [-0.1, -0.05) is 11.6 Å². The van der Waals surface area contributed by atoms with E-state index < -0.39 is 10.0 Å². The highest BCUT2D eigenvalue weighted by molar-refractivity contribution is 9.11. The van der Waals surface area contributed by atoms with Crippen molar-refractivity contribution in [2.75, 3.05) is 47.4 Å². The van der Waals surface area contributed by atoms with Gasteiger partial charge in [0.1, 0.15) is 4.21 Å². The number of nitrogens with zero attached hydrogens (tertiary/aromatic N) is 2. The summed E-state index contributed by atoms with van der Waals surface area (Å²) in [5, 5.41) is 0.415. The van der Waals surface area contributed by atoms with Crippen molar-refractivity contribution in [2.24, 2.45) is 0 Å². The Kier molecular flexibility index (Phi) is 8.11. The molecule has 1 aromatic rings. The molecule has 0 aliphatic rings. The smallest absolute Gasteiger partial charge is 0.252 e. The maximum absolute atomic E-state index is 12.7. The number of hydrogen-bond donors (Lipinski definition) is 0. The van der Waals surface area contributed by atoms with Gasteiger partial charge in [0.25, 0.3) is 10.0 Å². The first kappa shape index (κ1) is 19.3. The van der Waals surface area contributed by atoms with Crippen molar-refractivity contribution in [1.82, 2.24) is 9.21 Å². The van der Waals surface area contributed by atoms with Crippen LogP contribution < -0.4 is 0 Å². The number of hydrogen-bond acceptors (Lipinski definition) is 5. The van der Waals surface area contributed by atoms with Gasteiger partial charge in [0.15, 0.2) is 0 Å². The maximum atomic E-state index is 12.7. The predicted octanol–water partition coefficient (Wildman–Crippen LogP) is 2.75.